The van der Waals surface area contributed by atoms with E-state index in [9.17, 15) is 9.59 Å². The van der Waals surface area contributed by atoms with E-state index in [1.54, 1.807) is 0 Å². The third kappa shape index (κ3) is 3.64. The van der Waals surface area contributed by atoms with Gasteiger partial charge in [-0.15, -0.1) is 0 Å². The first-order valence-corrected chi connectivity index (χ1v) is 5.31. The highest BCUT2D eigenvalue weighted by Gasteiger charge is 2.38. The molecule has 13 heavy (non-hydrogen) atoms. The third-order valence-electron chi connectivity index (χ3n) is 1.42. The van der Waals surface area contributed by atoms with Crippen molar-refractivity contribution in [3.8, 4) is 0 Å². The molecule has 0 saturated heterocycles. The summed E-state index contributed by atoms with van der Waals surface area (Å²) in [5.41, 5.74) is 0. The summed E-state index contributed by atoms with van der Waals surface area (Å²) in [7, 11) is 2.53. The molecule has 1 atom stereocenters. The Morgan fingerprint density at radius 3 is 2.15 bits per heavy atom. The highest BCUT2D eigenvalue weighted by atomic mass is 79.9. The zero-order chi connectivity index (χ0) is 10.5. The number of carbonyl (C=O) groups is 2. The number of alkyl halides is 2. The number of esters is 2. The molecule has 0 aromatic carbocycles. The molecule has 0 saturated carbocycles. The Morgan fingerprint density at radius 2 is 1.85 bits per heavy atom. The average Bonchev–Trinajstić information content (AvgIpc) is 2.15. The van der Waals surface area contributed by atoms with Crippen molar-refractivity contribution in [2.45, 2.75) is 10.7 Å². The van der Waals surface area contributed by atoms with Gasteiger partial charge in [-0.1, -0.05) is 31.9 Å². The predicted octanol–water partition coefficient (Wildman–Crippen LogP) is 1.25. The van der Waals surface area contributed by atoms with Crippen molar-refractivity contribution < 1.29 is 19.1 Å². The van der Waals surface area contributed by atoms with E-state index in [1.165, 1.54) is 14.2 Å². The van der Waals surface area contributed by atoms with Crippen LogP contribution in [0.4, 0.5) is 0 Å². The lowest BCUT2D eigenvalue weighted by Crippen LogP contribution is -2.37. The van der Waals surface area contributed by atoms with Gasteiger partial charge in [0, 0.05) is 5.33 Å². The topological polar surface area (TPSA) is 52.6 Å². The first kappa shape index (κ1) is 12.9. The van der Waals surface area contributed by atoms with E-state index in [1.807, 2.05) is 0 Å². The molecule has 0 fully saturated rings. The molecule has 0 aliphatic heterocycles. The van der Waals surface area contributed by atoms with Crippen molar-refractivity contribution in [1.29, 1.82) is 0 Å². The van der Waals surface area contributed by atoms with Gasteiger partial charge in [0.05, 0.1) is 20.6 Å². The molecule has 0 N–H and O–H groups in total. The summed E-state index contributed by atoms with van der Waals surface area (Å²) in [6.07, 6.45) is -0.0680. The molecule has 0 amide bonds. The lowest BCUT2D eigenvalue weighted by molar-refractivity contribution is -0.149. The van der Waals surface area contributed by atoms with Gasteiger partial charge in [-0.25, -0.2) is 0 Å². The van der Waals surface area contributed by atoms with Crippen molar-refractivity contribution in [2.75, 3.05) is 19.5 Å². The van der Waals surface area contributed by atoms with Crippen LogP contribution in [0.15, 0.2) is 0 Å². The SMILES string of the molecule is COC(=O)CC(Br)(CBr)C(=O)OC. The highest BCUT2D eigenvalue weighted by Crippen LogP contribution is 2.27. The van der Waals surface area contributed by atoms with Crippen molar-refractivity contribution in [3.63, 3.8) is 0 Å². The molecule has 6 heteroatoms. The van der Waals surface area contributed by atoms with Gasteiger partial charge in [-0.05, 0) is 0 Å². The van der Waals surface area contributed by atoms with E-state index < -0.39 is 16.3 Å². The molecule has 0 spiro atoms. The van der Waals surface area contributed by atoms with Crippen molar-refractivity contribution in [3.05, 3.63) is 0 Å². The Bertz CT molecular complexity index is 207. The molecular weight excluding hydrogens is 308 g/mol. The van der Waals surface area contributed by atoms with Gasteiger partial charge in [-0.3, -0.25) is 9.59 Å². The van der Waals surface area contributed by atoms with Crippen LogP contribution < -0.4 is 0 Å². The zero-order valence-corrected chi connectivity index (χ0v) is 10.5. The summed E-state index contributed by atoms with van der Waals surface area (Å²) < 4.78 is 7.94. The standard InChI is InChI=1S/C7H10Br2O4/c1-12-5(10)3-7(9,4-8)6(11)13-2/h3-4H2,1-2H3. The summed E-state index contributed by atoms with van der Waals surface area (Å²) in [6.45, 7) is 0. The predicted molar refractivity (Wildman–Crippen MR) is 54.1 cm³/mol. The van der Waals surface area contributed by atoms with E-state index in [-0.39, 0.29) is 11.8 Å². The molecule has 0 radical (unpaired) electrons. The first-order valence-electron chi connectivity index (χ1n) is 3.40. The summed E-state index contributed by atoms with van der Waals surface area (Å²) in [5, 5.41) is 0.280. The molecule has 1 unspecified atom stereocenters. The molecule has 0 aliphatic carbocycles. The van der Waals surface area contributed by atoms with E-state index in [2.05, 4.69) is 41.3 Å². The highest BCUT2D eigenvalue weighted by molar-refractivity contribution is 9.12. The van der Waals surface area contributed by atoms with E-state index in [0.717, 1.165) is 0 Å². The van der Waals surface area contributed by atoms with Gasteiger partial charge in [0.25, 0.3) is 0 Å². The summed E-state index contributed by atoms with van der Waals surface area (Å²) in [5.74, 6) is -0.975. The fourth-order valence-electron chi connectivity index (χ4n) is 0.658. The van der Waals surface area contributed by atoms with Crippen LogP contribution in [0.1, 0.15) is 6.42 Å². The normalized spacial score (nSPS) is 14.5. The first-order chi connectivity index (χ1) is 6.00. The number of ether oxygens (including phenoxy) is 2. The Kier molecular flexibility index (Phi) is 5.55. The second kappa shape index (κ2) is 5.59. The zero-order valence-electron chi connectivity index (χ0n) is 7.30. The average molecular weight is 318 g/mol. The largest absolute Gasteiger partial charge is 0.469 e. The smallest absolute Gasteiger partial charge is 0.324 e. The molecular formula is C7H10Br2O4. The number of rotatable bonds is 4. The summed E-state index contributed by atoms with van der Waals surface area (Å²) in [4.78, 5) is 22.1. The Morgan fingerprint density at radius 1 is 1.31 bits per heavy atom. The minimum atomic E-state index is -1.03. The number of hydrogen-bond acceptors (Lipinski definition) is 4. The van der Waals surface area contributed by atoms with Crippen molar-refractivity contribution in [2.24, 2.45) is 0 Å². The van der Waals surface area contributed by atoms with Crippen LogP contribution in [0, 0.1) is 0 Å². The molecule has 0 rings (SSSR count). The second-order valence-electron chi connectivity index (χ2n) is 2.34. The monoisotopic (exact) mass is 316 g/mol. The fraction of sp³-hybridized carbons (Fsp3) is 0.714. The maximum Gasteiger partial charge on any atom is 0.324 e. The van der Waals surface area contributed by atoms with Gasteiger partial charge in [0.15, 0.2) is 0 Å². The molecule has 0 aromatic rings. The minimum absolute atomic E-state index is 0.0680. The third-order valence-corrected chi connectivity index (χ3v) is 4.01. The van der Waals surface area contributed by atoms with Crippen LogP contribution in [0.5, 0.6) is 0 Å². The number of carbonyl (C=O) groups excluding carboxylic acids is 2. The van der Waals surface area contributed by atoms with Gasteiger partial charge in [0.2, 0.25) is 0 Å². The molecule has 4 nitrogen and oxygen atoms in total. The van der Waals surface area contributed by atoms with Crippen LogP contribution in [0.25, 0.3) is 0 Å². The number of hydrogen-bond donors (Lipinski definition) is 0. The van der Waals surface area contributed by atoms with Crippen LogP contribution in [0.2, 0.25) is 0 Å². The maximum absolute atomic E-state index is 11.2. The van der Waals surface area contributed by atoms with Crippen molar-refractivity contribution >= 4 is 43.8 Å². The van der Waals surface area contributed by atoms with Crippen LogP contribution in [0.3, 0.4) is 0 Å². The number of methoxy groups -OCH3 is 2. The Balaban J connectivity index is 4.45. The lowest BCUT2D eigenvalue weighted by atomic mass is 10.1. The molecule has 0 heterocycles. The molecule has 0 aliphatic rings. The van der Waals surface area contributed by atoms with Crippen LogP contribution in [-0.2, 0) is 19.1 Å². The van der Waals surface area contributed by atoms with Gasteiger partial charge in [-0.2, -0.15) is 0 Å². The summed E-state index contributed by atoms with van der Waals surface area (Å²) in [6, 6.07) is 0. The van der Waals surface area contributed by atoms with Crippen LogP contribution in [-0.4, -0.2) is 35.8 Å². The van der Waals surface area contributed by atoms with Gasteiger partial charge >= 0.3 is 11.9 Å². The second-order valence-corrected chi connectivity index (χ2v) is 4.42. The number of halogens is 2. The molecule has 76 valence electrons. The van der Waals surface area contributed by atoms with E-state index in [4.69, 9.17) is 0 Å². The Labute approximate surface area is 93.2 Å². The quantitative estimate of drug-likeness (QED) is 0.578. The van der Waals surface area contributed by atoms with E-state index in [0.29, 0.717) is 0 Å². The van der Waals surface area contributed by atoms with Crippen molar-refractivity contribution in [1.82, 2.24) is 0 Å². The fourth-order valence-corrected chi connectivity index (χ4v) is 1.48. The minimum Gasteiger partial charge on any atom is -0.469 e. The molecule has 0 aromatic heterocycles. The Hall–Kier alpha value is -0.100. The van der Waals surface area contributed by atoms with Crippen LogP contribution >= 0.6 is 31.9 Å². The molecule has 0 bridgehead atoms. The maximum atomic E-state index is 11.2. The van der Waals surface area contributed by atoms with E-state index >= 15 is 0 Å². The lowest BCUT2D eigenvalue weighted by Gasteiger charge is -2.20. The van der Waals surface area contributed by atoms with Gasteiger partial charge < -0.3 is 9.47 Å². The van der Waals surface area contributed by atoms with Gasteiger partial charge in [0.1, 0.15) is 4.32 Å². The summed E-state index contributed by atoms with van der Waals surface area (Å²) >= 11 is 6.24.